The van der Waals surface area contributed by atoms with Gasteiger partial charge in [0.25, 0.3) is 0 Å². The van der Waals surface area contributed by atoms with Crippen molar-refractivity contribution in [1.29, 1.82) is 0 Å². The third-order valence-corrected chi connectivity index (χ3v) is 10.0. The van der Waals surface area contributed by atoms with Crippen LogP contribution in [0.3, 0.4) is 0 Å². The second-order valence-electron chi connectivity index (χ2n) is 14.9. The number of allylic oxidation sites excluding steroid dienone is 2. The third kappa shape index (κ3) is 10.7. The van der Waals surface area contributed by atoms with Crippen molar-refractivity contribution < 1.29 is 32.7 Å². The van der Waals surface area contributed by atoms with E-state index in [0.29, 0.717) is 5.56 Å². The molecule has 3 aromatic carbocycles. The molecule has 0 bridgehead atoms. The molecular weight excluding hydrogens is 813 g/mol. The average molecular weight is 870 g/mol. The van der Waals surface area contributed by atoms with Crippen molar-refractivity contribution in [3.63, 3.8) is 0 Å². The van der Waals surface area contributed by atoms with Gasteiger partial charge in [0.05, 0.1) is 16.3 Å². The zero-order chi connectivity index (χ0) is 37.7. The molecule has 0 spiro atoms. The van der Waals surface area contributed by atoms with Crippen molar-refractivity contribution in [3.05, 3.63) is 96.0 Å². The summed E-state index contributed by atoms with van der Waals surface area (Å²) in [6.07, 6.45) is 5.10. The Bertz CT molecular complexity index is 2000. The number of benzene rings is 3. The second kappa shape index (κ2) is 17.8. The van der Waals surface area contributed by atoms with Gasteiger partial charge < -0.3 is 5.11 Å². The summed E-state index contributed by atoms with van der Waals surface area (Å²) in [5.74, 6) is 0.547. The van der Waals surface area contributed by atoms with Gasteiger partial charge in [-0.3, -0.25) is 9.78 Å². The fraction of sp³-hybridized carbons (Fsp3) is 0.432. The van der Waals surface area contributed by atoms with Crippen molar-refractivity contribution in [2.24, 2.45) is 17.3 Å². The molecule has 0 unspecified atom stereocenters. The Labute approximate surface area is 321 Å². The normalized spacial score (nSPS) is 13.2. The molecule has 0 aliphatic heterocycles. The number of rotatable bonds is 10. The molecule has 0 aliphatic rings. The van der Waals surface area contributed by atoms with Crippen molar-refractivity contribution in [1.82, 2.24) is 9.97 Å². The van der Waals surface area contributed by atoms with Gasteiger partial charge in [-0.1, -0.05) is 111 Å². The summed E-state index contributed by atoms with van der Waals surface area (Å²) in [5, 5.41) is 13.1. The first-order valence-electron chi connectivity index (χ1n) is 18.7. The number of hydrogen-bond donors (Lipinski definition) is 1. The molecule has 1 radical (unpaired) electrons. The average Bonchev–Trinajstić information content (AvgIpc) is 3.52. The summed E-state index contributed by atoms with van der Waals surface area (Å²) in [6, 6.07) is 24.2. The maximum Gasteiger partial charge on any atom is 0.162 e. The first-order chi connectivity index (χ1) is 23.9. The fourth-order valence-corrected chi connectivity index (χ4v) is 7.10. The van der Waals surface area contributed by atoms with Crippen LogP contribution in [-0.2, 0) is 36.7 Å². The van der Waals surface area contributed by atoms with Gasteiger partial charge in [0.1, 0.15) is 6.33 Å². The molecule has 0 saturated carbocycles. The number of hydrogen-bond acceptors (Lipinski definition) is 5. The molecule has 0 amide bonds. The van der Waals surface area contributed by atoms with Crippen LogP contribution in [0.15, 0.2) is 78.8 Å². The van der Waals surface area contributed by atoms with Crippen LogP contribution in [0.5, 0.6) is 0 Å². The van der Waals surface area contributed by atoms with Crippen LogP contribution < -0.4 is 0 Å². The Morgan fingerprint density at radius 2 is 1.52 bits per heavy atom. The Kier molecular flexibility index (Phi) is 13.6. The van der Waals surface area contributed by atoms with Gasteiger partial charge in [0.15, 0.2) is 5.78 Å². The van der Waals surface area contributed by atoms with Crippen LogP contribution in [0.1, 0.15) is 109 Å². The summed E-state index contributed by atoms with van der Waals surface area (Å²) < 4.78 is 18.4. The number of aliphatic hydroxyl groups excluding tert-OH is 1. The van der Waals surface area contributed by atoms with Gasteiger partial charge in [0, 0.05) is 51.2 Å². The summed E-state index contributed by atoms with van der Waals surface area (Å²) >= 11 is 1.67. The van der Waals surface area contributed by atoms with Gasteiger partial charge in [-0.05, 0) is 72.0 Å². The van der Waals surface area contributed by atoms with Gasteiger partial charge in [-0.2, -0.15) is 0 Å². The van der Waals surface area contributed by atoms with Crippen LogP contribution in [-0.4, -0.2) is 20.9 Å². The Morgan fingerprint density at radius 1 is 0.880 bits per heavy atom. The molecule has 269 valence electrons. The topological polar surface area (TPSA) is 63.1 Å². The molecule has 50 heavy (non-hydrogen) atoms. The fourth-order valence-electron chi connectivity index (χ4n) is 6.09. The van der Waals surface area contributed by atoms with Crippen molar-refractivity contribution in [3.8, 4) is 21.8 Å². The smallest absolute Gasteiger partial charge is 0.162 e. The number of carbonyl (C=O) groups is 1. The number of ketones is 1. The largest absolute Gasteiger partial charge is 0.512 e. The zero-order valence-corrected chi connectivity index (χ0v) is 34.6. The Morgan fingerprint density at radius 3 is 2.14 bits per heavy atom. The molecule has 2 heterocycles. The monoisotopic (exact) mass is 870 g/mol. The third-order valence-electron chi connectivity index (χ3n) is 8.90. The number of carbonyl (C=O) groups excluding carboxylic acids is 1. The zero-order valence-electron chi connectivity index (χ0n) is 33.4. The number of thiophene rings is 1. The second-order valence-corrected chi connectivity index (χ2v) is 16.0. The van der Waals surface area contributed by atoms with E-state index in [1.807, 2.05) is 78.8 Å². The van der Waals surface area contributed by atoms with E-state index in [1.165, 1.54) is 17.0 Å². The van der Waals surface area contributed by atoms with Crippen LogP contribution in [0.4, 0.5) is 0 Å². The molecule has 0 atom stereocenters. The summed E-state index contributed by atoms with van der Waals surface area (Å²) in [5.41, 5.74) is 4.14. The van der Waals surface area contributed by atoms with Gasteiger partial charge in [-0.15, -0.1) is 40.5 Å². The Balaban J connectivity index is 0.000000389. The minimum Gasteiger partial charge on any atom is -0.512 e. The number of nitrogens with zero attached hydrogens (tertiary/aromatic N) is 2. The minimum absolute atomic E-state index is 0. The molecule has 0 saturated heterocycles. The van der Waals surface area contributed by atoms with E-state index in [-0.39, 0.29) is 48.9 Å². The SMILES string of the molecule is CCC(CC)C(=O)/C=C(\O)C(CC)CC.[2H]C([2H])(c1ccc2sc(-c3cc(-c4[c-]c5ccccc5c(C(C)(C)C)c4)ncn3)cc2c1)C(C)(C)C.[Ir]. The maximum absolute atomic E-state index is 11.7. The van der Waals surface area contributed by atoms with Gasteiger partial charge >= 0.3 is 0 Å². The molecular formula is C44H55IrN2O2S-. The van der Waals surface area contributed by atoms with E-state index >= 15 is 0 Å². The van der Waals surface area contributed by atoms with E-state index in [2.05, 4.69) is 67.1 Å². The number of fused-ring (bicyclic) bond motifs is 2. The van der Waals surface area contributed by atoms with E-state index < -0.39 is 11.8 Å². The summed E-state index contributed by atoms with van der Waals surface area (Å²) in [6.45, 7) is 20.6. The summed E-state index contributed by atoms with van der Waals surface area (Å²) in [7, 11) is 0. The minimum atomic E-state index is -1.43. The molecule has 2 aromatic heterocycles. The molecule has 0 fully saturated rings. The Hall–Kier alpha value is -3.18. The van der Waals surface area contributed by atoms with E-state index in [0.717, 1.165) is 63.0 Å². The van der Waals surface area contributed by atoms with E-state index in [1.54, 1.807) is 17.7 Å². The predicted molar refractivity (Wildman–Crippen MR) is 210 cm³/mol. The van der Waals surface area contributed by atoms with Crippen LogP contribution in [0.25, 0.3) is 42.7 Å². The van der Waals surface area contributed by atoms with E-state index in [9.17, 15) is 9.90 Å². The van der Waals surface area contributed by atoms with Crippen LogP contribution >= 0.6 is 11.3 Å². The van der Waals surface area contributed by atoms with Crippen LogP contribution in [0, 0.1) is 23.3 Å². The summed E-state index contributed by atoms with van der Waals surface area (Å²) in [4.78, 5) is 21.9. The van der Waals surface area contributed by atoms with Crippen LogP contribution in [0.2, 0.25) is 0 Å². The number of aliphatic hydroxyl groups is 1. The molecule has 6 heteroatoms. The molecule has 1 N–H and O–H groups in total. The van der Waals surface area contributed by atoms with E-state index in [4.69, 9.17) is 2.74 Å². The van der Waals surface area contributed by atoms with Gasteiger partial charge in [-0.25, -0.2) is 4.98 Å². The van der Waals surface area contributed by atoms with Crippen molar-refractivity contribution in [2.45, 2.75) is 107 Å². The molecule has 4 nitrogen and oxygen atoms in total. The van der Waals surface area contributed by atoms with Crippen molar-refractivity contribution >= 4 is 38.0 Å². The molecule has 5 aromatic rings. The first-order valence-corrected chi connectivity index (χ1v) is 18.5. The van der Waals surface area contributed by atoms with Crippen molar-refractivity contribution in [2.75, 3.05) is 0 Å². The molecule has 5 rings (SSSR count). The number of aromatic nitrogens is 2. The standard InChI is InChI=1S/C31H31N2S.C13H24O2.Ir/c1-30(2,3)18-20-11-12-28-23(13-20)16-29(34-28)27-17-26(32-19-33-27)22-14-21-9-7-8-10-24(21)25(15-22)31(4,5)6;1-5-10(6-2)12(14)9-13(15)11(7-3)8-4;/h7-13,15-17,19H,18H2,1-6H3;9-11,14H,5-8H2,1-4H3;/q-1;;/b;12-9-;/i18D2;;. The predicted octanol–water partition coefficient (Wildman–Crippen LogP) is 12.7. The van der Waals surface area contributed by atoms with Gasteiger partial charge in [0.2, 0.25) is 0 Å². The first kappa shape index (κ1) is 38.1. The maximum atomic E-state index is 11.7. The quantitative estimate of drug-likeness (QED) is 0.0863. The molecule has 0 aliphatic carbocycles.